The zero-order chi connectivity index (χ0) is 38.7. The Kier molecular flexibility index (Phi) is 11.8. The summed E-state index contributed by atoms with van der Waals surface area (Å²) in [5.41, 5.74) is 4.08. The normalized spacial score (nSPS) is 16.3. The molecule has 5 aromatic rings. The minimum absolute atomic E-state index is 0.104. The van der Waals surface area contributed by atoms with E-state index in [2.05, 4.69) is 26.3 Å². The fraction of sp³-hybridized carbons (Fsp3) is 0.436. The number of ether oxygens (including phenoxy) is 3. The number of carboxylic acids is 1. The molecule has 292 valence electrons. The number of para-hydroxylation sites is 1. The van der Waals surface area contributed by atoms with E-state index in [0.717, 1.165) is 83.8 Å². The third-order valence-electron chi connectivity index (χ3n) is 10.3. The van der Waals surface area contributed by atoms with Crippen molar-refractivity contribution >= 4 is 39.2 Å². The molecule has 0 amide bonds. The summed E-state index contributed by atoms with van der Waals surface area (Å²) in [5, 5.41) is 15.3. The van der Waals surface area contributed by atoms with Crippen LogP contribution in [-0.4, -0.2) is 98.7 Å². The number of alkyl halides is 3. The Bertz CT molecular complexity index is 2130. The molecule has 7 rings (SSSR count). The quantitative estimate of drug-likeness (QED) is 0.113. The number of likely N-dealkylation sites (N-methyl/N-ethyl adjacent to an activating group) is 1. The van der Waals surface area contributed by atoms with Crippen LogP contribution in [0.2, 0.25) is 5.02 Å². The lowest BCUT2D eigenvalue weighted by Crippen LogP contribution is -2.45. The first-order chi connectivity index (χ1) is 26.4. The Labute approximate surface area is 325 Å². The Morgan fingerprint density at radius 2 is 1.85 bits per heavy atom. The second-order valence-electron chi connectivity index (χ2n) is 14.1. The van der Waals surface area contributed by atoms with Gasteiger partial charge in [0.05, 0.1) is 26.5 Å². The lowest BCUT2D eigenvalue weighted by Gasteiger charge is -2.32. The van der Waals surface area contributed by atoms with Crippen molar-refractivity contribution in [2.75, 3.05) is 46.4 Å². The van der Waals surface area contributed by atoms with Crippen LogP contribution in [0, 0.1) is 6.92 Å². The molecule has 2 fully saturated rings. The molecule has 3 aromatic heterocycles. The Morgan fingerprint density at radius 3 is 2.58 bits per heavy atom. The van der Waals surface area contributed by atoms with Crippen molar-refractivity contribution < 1.29 is 37.3 Å². The lowest BCUT2D eigenvalue weighted by atomic mass is 9.79. The third kappa shape index (κ3) is 9.01. The highest BCUT2D eigenvalue weighted by molar-refractivity contribution is 7.13. The molecule has 4 heterocycles. The maximum absolute atomic E-state index is 13.1. The van der Waals surface area contributed by atoms with Crippen molar-refractivity contribution in [3.05, 3.63) is 82.4 Å². The summed E-state index contributed by atoms with van der Waals surface area (Å²) >= 11 is 8.18. The summed E-state index contributed by atoms with van der Waals surface area (Å²) in [6.07, 6.45) is 0.154. The molecule has 1 atom stereocenters. The monoisotopic (exact) mass is 798 g/mol. The van der Waals surface area contributed by atoms with E-state index in [0.29, 0.717) is 34.1 Å². The molecule has 55 heavy (non-hydrogen) atoms. The second kappa shape index (κ2) is 16.7. The smallest absolute Gasteiger partial charge is 0.408 e. The van der Waals surface area contributed by atoms with E-state index in [1.165, 1.54) is 23.8 Å². The van der Waals surface area contributed by atoms with E-state index in [9.17, 15) is 23.1 Å². The molecule has 1 saturated heterocycles. The molecule has 11 nitrogen and oxygen atoms in total. The minimum atomic E-state index is -4.45. The van der Waals surface area contributed by atoms with E-state index in [-0.39, 0.29) is 30.5 Å². The molecule has 2 aromatic carbocycles. The van der Waals surface area contributed by atoms with Gasteiger partial charge in [0.25, 0.3) is 0 Å². The van der Waals surface area contributed by atoms with Crippen LogP contribution >= 0.6 is 23.1 Å². The number of aliphatic carboxylic acids is 1. The van der Waals surface area contributed by atoms with Gasteiger partial charge in [0.2, 0.25) is 12.0 Å². The molecule has 0 bridgehead atoms. The number of piperazine rings is 1. The molecule has 1 aliphatic carbocycles. The van der Waals surface area contributed by atoms with Crippen molar-refractivity contribution in [2.45, 2.75) is 64.0 Å². The minimum Gasteiger partial charge on any atom is -0.491 e. The Balaban J connectivity index is 1.15. The third-order valence-corrected chi connectivity index (χ3v) is 11.5. The zero-order valence-electron chi connectivity index (χ0n) is 30.5. The highest BCUT2D eigenvalue weighted by atomic mass is 35.5. The van der Waals surface area contributed by atoms with Gasteiger partial charge in [0.1, 0.15) is 31.3 Å². The van der Waals surface area contributed by atoms with Crippen LogP contribution in [0.15, 0.2) is 54.9 Å². The first-order valence-corrected chi connectivity index (χ1v) is 19.4. The van der Waals surface area contributed by atoms with Crippen molar-refractivity contribution in [3.8, 4) is 28.5 Å². The fourth-order valence-electron chi connectivity index (χ4n) is 6.94. The maximum Gasteiger partial charge on any atom is 0.408 e. The molecule has 1 saturated carbocycles. The molecule has 1 unspecified atom stereocenters. The SMILES string of the molecule is Cc1c(-c2c(C3CCC3)ncc3snc(OC(Cc4ccccc4OCc4ccnn4CC(F)(F)F)C(=O)O)c23)ccc(OCCN2CCN(C)CC2)c1Cl. The molecule has 1 aliphatic heterocycles. The highest BCUT2D eigenvalue weighted by Gasteiger charge is 2.32. The average molecular weight is 799 g/mol. The number of halogens is 4. The van der Waals surface area contributed by atoms with Gasteiger partial charge >= 0.3 is 12.1 Å². The second-order valence-corrected chi connectivity index (χ2v) is 15.2. The van der Waals surface area contributed by atoms with E-state index in [1.54, 1.807) is 30.5 Å². The Hall–Kier alpha value is -4.44. The molecule has 16 heteroatoms. The first-order valence-electron chi connectivity index (χ1n) is 18.2. The number of hydrogen-bond acceptors (Lipinski definition) is 10. The van der Waals surface area contributed by atoms with Gasteiger partial charge in [-0.2, -0.15) is 22.6 Å². The van der Waals surface area contributed by atoms with E-state index >= 15 is 0 Å². The topological polar surface area (TPSA) is 115 Å². The summed E-state index contributed by atoms with van der Waals surface area (Å²) in [6, 6.07) is 12.1. The largest absolute Gasteiger partial charge is 0.491 e. The highest BCUT2D eigenvalue weighted by Crippen LogP contribution is 2.48. The molecule has 0 radical (unpaired) electrons. The summed E-state index contributed by atoms with van der Waals surface area (Å²) in [6.45, 7) is 5.85. The van der Waals surface area contributed by atoms with Gasteiger partial charge in [-0.05, 0) is 73.2 Å². The van der Waals surface area contributed by atoms with Crippen LogP contribution in [0.5, 0.6) is 17.4 Å². The predicted octanol–water partition coefficient (Wildman–Crippen LogP) is 7.63. The van der Waals surface area contributed by atoms with E-state index in [4.69, 9.17) is 30.8 Å². The summed E-state index contributed by atoms with van der Waals surface area (Å²) < 4.78 is 63.8. The number of nitrogens with zero attached hydrogens (tertiary/aromatic N) is 6. The molecule has 1 N–H and O–H groups in total. The summed E-state index contributed by atoms with van der Waals surface area (Å²) in [4.78, 5) is 22.4. The number of pyridine rings is 1. The molecule has 0 spiro atoms. The number of carbonyl (C=O) groups is 1. The predicted molar refractivity (Wildman–Crippen MR) is 203 cm³/mol. The van der Waals surface area contributed by atoms with Crippen LogP contribution in [0.25, 0.3) is 21.2 Å². The zero-order valence-corrected chi connectivity index (χ0v) is 32.1. The Morgan fingerprint density at radius 1 is 1.07 bits per heavy atom. The van der Waals surface area contributed by atoms with E-state index < -0.39 is 24.8 Å². The summed E-state index contributed by atoms with van der Waals surface area (Å²) in [5.74, 6) is 0.0817. The first kappa shape index (κ1) is 38.8. The van der Waals surface area contributed by atoms with Gasteiger partial charge in [0, 0.05) is 63.0 Å². The van der Waals surface area contributed by atoms with Crippen molar-refractivity contribution in [1.29, 1.82) is 0 Å². The number of aromatic nitrogens is 4. The van der Waals surface area contributed by atoms with Gasteiger partial charge in [-0.25, -0.2) is 4.79 Å². The molecule has 2 aliphatic rings. The van der Waals surface area contributed by atoms with Gasteiger partial charge in [-0.1, -0.05) is 42.3 Å². The summed E-state index contributed by atoms with van der Waals surface area (Å²) in [7, 11) is 2.13. The van der Waals surface area contributed by atoms with Gasteiger partial charge in [0.15, 0.2) is 0 Å². The van der Waals surface area contributed by atoms with Crippen LogP contribution in [-0.2, 0) is 24.4 Å². The number of rotatable bonds is 15. The molecular weight excluding hydrogens is 757 g/mol. The van der Waals surface area contributed by atoms with Crippen molar-refractivity contribution in [1.82, 2.24) is 28.9 Å². The lowest BCUT2D eigenvalue weighted by molar-refractivity contribution is -0.145. The number of fused-ring (bicyclic) bond motifs is 1. The fourth-order valence-corrected chi connectivity index (χ4v) is 7.86. The van der Waals surface area contributed by atoms with Crippen LogP contribution in [0.1, 0.15) is 47.7 Å². The van der Waals surface area contributed by atoms with Crippen LogP contribution in [0.4, 0.5) is 13.2 Å². The average Bonchev–Trinajstić information content (AvgIpc) is 3.75. The van der Waals surface area contributed by atoms with Crippen LogP contribution in [0.3, 0.4) is 0 Å². The number of carboxylic acid groups (broad SMARTS) is 1. The van der Waals surface area contributed by atoms with Crippen molar-refractivity contribution in [3.63, 3.8) is 0 Å². The van der Waals surface area contributed by atoms with Gasteiger partial charge < -0.3 is 24.2 Å². The van der Waals surface area contributed by atoms with Crippen LogP contribution < -0.4 is 14.2 Å². The van der Waals surface area contributed by atoms with E-state index in [1.807, 2.05) is 19.1 Å². The molecular formula is C39H42ClF3N6O5S. The number of hydrogen-bond donors (Lipinski definition) is 1. The standard InChI is InChI=1S/C39H42ClF3N6O5S/c1-24-28(10-11-30(35(24)40)52-19-18-48-16-14-47(2)15-17-48)33-34-32(21-44-36(33)25-7-5-8-25)55-46-37(34)54-31(38(50)51)20-26-6-3-4-9-29(26)53-22-27-12-13-45-49(27)23-39(41,42)43/h3-4,6,9-13,21,25,31H,5,7-8,14-20,22-23H2,1-2H3,(H,50,51). The van der Waals surface area contributed by atoms with Gasteiger partial charge in [-0.15, -0.1) is 0 Å². The number of benzene rings is 2. The van der Waals surface area contributed by atoms with Crippen molar-refractivity contribution in [2.24, 2.45) is 0 Å². The maximum atomic E-state index is 13.1. The van der Waals surface area contributed by atoms with Gasteiger partial charge in [-0.3, -0.25) is 14.6 Å².